The van der Waals surface area contributed by atoms with Gasteiger partial charge in [-0.15, -0.1) is 10.2 Å². The average Bonchev–Trinajstić information content (AvgIpc) is 2.99. The van der Waals surface area contributed by atoms with E-state index in [-0.39, 0.29) is 6.61 Å². The molecule has 3 amide bonds. The topological polar surface area (TPSA) is 124 Å². The summed E-state index contributed by atoms with van der Waals surface area (Å²) in [6.45, 7) is 6.04. The van der Waals surface area contributed by atoms with E-state index in [1.165, 1.54) is 17.3 Å². The van der Waals surface area contributed by atoms with Gasteiger partial charge in [0, 0.05) is 7.05 Å². The molecule has 0 aliphatic heterocycles. The number of amides is 3. The molecule has 0 unspecified atom stereocenters. The Labute approximate surface area is 162 Å². The second-order valence-electron chi connectivity index (χ2n) is 6.11. The molecule has 146 valence electrons. The van der Waals surface area contributed by atoms with Gasteiger partial charge < -0.3 is 15.9 Å². The first-order chi connectivity index (χ1) is 12.8. The summed E-state index contributed by atoms with van der Waals surface area (Å²) in [6.07, 6.45) is 0. The third-order valence-electron chi connectivity index (χ3n) is 3.77. The molecule has 0 spiro atoms. The maximum atomic E-state index is 11.9. The predicted octanol–water partition coefficient (Wildman–Crippen LogP) is 1.63. The molecule has 0 saturated carbocycles. The first-order valence-corrected chi connectivity index (χ1v) is 9.31. The largest absolute Gasteiger partial charge is 0.486 e. The molecule has 2 rings (SSSR count). The Morgan fingerprint density at radius 2 is 1.89 bits per heavy atom. The van der Waals surface area contributed by atoms with Gasteiger partial charge in [0.05, 0.1) is 5.25 Å². The molecule has 9 nitrogen and oxygen atoms in total. The van der Waals surface area contributed by atoms with Gasteiger partial charge in [0.15, 0.2) is 5.82 Å². The van der Waals surface area contributed by atoms with Gasteiger partial charge in [-0.1, -0.05) is 37.7 Å². The van der Waals surface area contributed by atoms with Crippen molar-refractivity contribution >= 4 is 23.7 Å². The lowest BCUT2D eigenvalue weighted by Gasteiger charge is -2.11. The van der Waals surface area contributed by atoms with E-state index >= 15 is 0 Å². The molecule has 2 aromatic rings. The first-order valence-electron chi connectivity index (χ1n) is 8.43. The summed E-state index contributed by atoms with van der Waals surface area (Å²) in [6, 6.07) is 7.25. The number of nitrogens with zero attached hydrogens (tertiary/aromatic N) is 3. The van der Waals surface area contributed by atoms with Crippen LogP contribution in [0.25, 0.3) is 0 Å². The van der Waals surface area contributed by atoms with E-state index in [1.807, 2.05) is 24.3 Å². The molecule has 1 aromatic carbocycles. The van der Waals surface area contributed by atoms with Crippen LogP contribution in [-0.4, -0.2) is 39.1 Å². The molecular weight excluding hydrogens is 368 g/mol. The second kappa shape index (κ2) is 9.26. The third-order valence-corrected chi connectivity index (χ3v) is 4.82. The zero-order chi connectivity index (χ0) is 20.0. The number of nitrogen functional groups attached to an aromatic ring is 1. The highest BCUT2D eigenvalue weighted by molar-refractivity contribution is 8.00. The first kappa shape index (κ1) is 20.6. The molecular formula is C17H24N6O3S. The monoisotopic (exact) mass is 392 g/mol. The van der Waals surface area contributed by atoms with E-state index in [0.717, 1.165) is 11.8 Å². The Balaban J connectivity index is 1.94. The number of hydrogen-bond donors (Lipinski definition) is 3. The zero-order valence-corrected chi connectivity index (χ0v) is 16.5. The van der Waals surface area contributed by atoms with Crippen molar-refractivity contribution in [2.24, 2.45) is 0 Å². The van der Waals surface area contributed by atoms with Gasteiger partial charge in [-0.2, -0.15) is 0 Å². The van der Waals surface area contributed by atoms with Crippen molar-refractivity contribution in [2.75, 3.05) is 12.9 Å². The van der Waals surface area contributed by atoms with E-state index in [9.17, 15) is 9.59 Å². The number of rotatable bonds is 7. The van der Waals surface area contributed by atoms with E-state index in [1.54, 1.807) is 6.92 Å². The standard InChI is InChI=1S/C17H24N6O3S/c1-10(2)12-5-7-13(8-6-12)26-9-14-21-22-17(23(14)18)27-11(3)15(24)20-16(25)19-4/h5-8,10-11H,9,18H2,1-4H3,(H2,19,20,24,25)/t11-/m1/s1. The fraction of sp³-hybridized carbons (Fsp3) is 0.412. The SMILES string of the molecule is CNC(=O)NC(=O)[C@@H](C)Sc1nnc(COc2ccc(C(C)C)cc2)n1N. The predicted molar refractivity (Wildman–Crippen MR) is 103 cm³/mol. The van der Waals surface area contributed by atoms with Crippen LogP contribution in [0.4, 0.5) is 4.79 Å². The summed E-state index contributed by atoms with van der Waals surface area (Å²) in [5.41, 5.74) is 1.23. The van der Waals surface area contributed by atoms with Crippen molar-refractivity contribution < 1.29 is 14.3 Å². The van der Waals surface area contributed by atoms with Crippen molar-refractivity contribution in [3.63, 3.8) is 0 Å². The van der Waals surface area contributed by atoms with Gasteiger partial charge in [-0.3, -0.25) is 10.1 Å². The number of benzene rings is 1. The summed E-state index contributed by atoms with van der Waals surface area (Å²) < 4.78 is 6.97. The summed E-state index contributed by atoms with van der Waals surface area (Å²) in [7, 11) is 1.43. The number of aromatic nitrogens is 3. The van der Waals surface area contributed by atoms with E-state index in [0.29, 0.717) is 22.6 Å². The van der Waals surface area contributed by atoms with E-state index in [4.69, 9.17) is 10.6 Å². The van der Waals surface area contributed by atoms with Crippen LogP contribution in [0.15, 0.2) is 29.4 Å². The van der Waals surface area contributed by atoms with Crippen LogP contribution < -0.4 is 21.2 Å². The molecule has 0 aliphatic carbocycles. The van der Waals surface area contributed by atoms with E-state index in [2.05, 4.69) is 34.7 Å². The molecule has 0 bridgehead atoms. The van der Waals surface area contributed by atoms with Gasteiger partial charge in [-0.25, -0.2) is 9.47 Å². The highest BCUT2D eigenvalue weighted by Crippen LogP contribution is 2.22. The molecule has 1 heterocycles. The minimum absolute atomic E-state index is 0.143. The number of thioether (sulfide) groups is 1. The number of nitrogens with one attached hydrogen (secondary N) is 2. The van der Waals surface area contributed by atoms with Crippen molar-refractivity contribution in [2.45, 2.75) is 43.7 Å². The normalized spacial score (nSPS) is 11.9. The number of urea groups is 1. The van der Waals surface area contributed by atoms with Crippen molar-refractivity contribution in [3.8, 4) is 5.75 Å². The highest BCUT2D eigenvalue weighted by atomic mass is 32.2. The average molecular weight is 392 g/mol. The van der Waals surface area contributed by atoms with Crippen molar-refractivity contribution in [1.29, 1.82) is 0 Å². The minimum Gasteiger partial charge on any atom is -0.486 e. The summed E-state index contributed by atoms with van der Waals surface area (Å²) >= 11 is 1.10. The summed E-state index contributed by atoms with van der Waals surface area (Å²) in [5.74, 6) is 7.11. The fourth-order valence-corrected chi connectivity index (χ4v) is 2.86. The Bertz CT molecular complexity index is 790. The Kier molecular flexibility index (Phi) is 7.05. The Hall–Kier alpha value is -2.75. The molecule has 0 radical (unpaired) electrons. The van der Waals surface area contributed by atoms with Crippen molar-refractivity contribution in [3.05, 3.63) is 35.7 Å². The van der Waals surface area contributed by atoms with Gasteiger partial charge in [0.1, 0.15) is 12.4 Å². The zero-order valence-electron chi connectivity index (χ0n) is 15.7. The lowest BCUT2D eigenvalue weighted by molar-refractivity contribution is -0.119. The van der Waals surface area contributed by atoms with Crippen LogP contribution in [0.3, 0.4) is 0 Å². The maximum absolute atomic E-state index is 11.9. The molecule has 0 saturated heterocycles. The number of ether oxygens (including phenoxy) is 1. The second-order valence-corrected chi connectivity index (χ2v) is 7.42. The minimum atomic E-state index is -0.578. The van der Waals surface area contributed by atoms with Crippen LogP contribution in [0.1, 0.15) is 38.1 Å². The number of carbonyl (C=O) groups is 2. The quantitative estimate of drug-likeness (QED) is 0.483. The van der Waals surface area contributed by atoms with Gasteiger partial charge >= 0.3 is 6.03 Å². The lowest BCUT2D eigenvalue weighted by atomic mass is 10.0. The molecule has 27 heavy (non-hydrogen) atoms. The lowest BCUT2D eigenvalue weighted by Crippen LogP contribution is -2.41. The number of nitrogens with two attached hydrogens (primary N) is 1. The molecule has 4 N–H and O–H groups in total. The Morgan fingerprint density at radius 3 is 2.48 bits per heavy atom. The Morgan fingerprint density at radius 1 is 1.22 bits per heavy atom. The third kappa shape index (κ3) is 5.61. The number of carbonyl (C=O) groups excluding carboxylic acids is 2. The number of imide groups is 1. The van der Waals surface area contributed by atoms with Crippen molar-refractivity contribution in [1.82, 2.24) is 25.5 Å². The van der Waals surface area contributed by atoms with Crippen LogP contribution in [-0.2, 0) is 11.4 Å². The fourth-order valence-electron chi connectivity index (χ4n) is 2.07. The van der Waals surface area contributed by atoms with Gasteiger partial charge in [0.2, 0.25) is 11.1 Å². The molecule has 1 aromatic heterocycles. The van der Waals surface area contributed by atoms with Crippen LogP contribution in [0.2, 0.25) is 0 Å². The summed E-state index contributed by atoms with van der Waals surface area (Å²) in [4.78, 5) is 23.1. The molecule has 0 fully saturated rings. The van der Waals surface area contributed by atoms with Crippen LogP contribution >= 0.6 is 11.8 Å². The van der Waals surface area contributed by atoms with E-state index < -0.39 is 17.2 Å². The van der Waals surface area contributed by atoms with Gasteiger partial charge in [0.25, 0.3) is 0 Å². The molecule has 0 aliphatic rings. The number of hydrogen-bond acceptors (Lipinski definition) is 7. The molecule has 1 atom stereocenters. The maximum Gasteiger partial charge on any atom is 0.321 e. The smallest absolute Gasteiger partial charge is 0.321 e. The molecule has 10 heteroatoms. The van der Waals surface area contributed by atoms with Gasteiger partial charge in [-0.05, 0) is 30.5 Å². The van der Waals surface area contributed by atoms with Crippen LogP contribution in [0, 0.1) is 0 Å². The highest BCUT2D eigenvalue weighted by Gasteiger charge is 2.20. The summed E-state index contributed by atoms with van der Waals surface area (Å²) in [5, 5.41) is 12.3. The van der Waals surface area contributed by atoms with Crippen LogP contribution in [0.5, 0.6) is 5.75 Å².